The first-order chi connectivity index (χ1) is 18.7. The second kappa shape index (κ2) is 11.7. The lowest BCUT2D eigenvalue weighted by Crippen LogP contribution is -2.46. The van der Waals surface area contributed by atoms with Crippen molar-refractivity contribution in [3.05, 3.63) is 63.7 Å². The van der Waals surface area contributed by atoms with Crippen molar-refractivity contribution in [2.45, 2.75) is 51.6 Å². The maximum absolute atomic E-state index is 14.4. The van der Waals surface area contributed by atoms with Crippen LogP contribution in [0.5, 0.6) is 11.5 Å². The summed E-state index contributed by atoms with van der Waals surface area (Å²) >= 11 is 0.765. The molecule has 0 saturated heterocycles. The normalized spacial score (nSPS) is 14.1. The number of anilines is 2. The van der Waals surface area contributed by atoms with Crippen molar-refractivity contribution in [2.24, 2.45) is 5.73 Å². The molecule has 1 saturated carbocycles. The summed E-state index contributed by atoms with van der Waals surface area (Å²) < 4.78 is 15.1. The third-order valence-electron chi connectivity index (χ3n) is 6.93. The summed E-state index contributed by atoms with van der Waals surface area (Å²) in [5, 5.41) is 3.14. The Bertz CT molecular complexity index is 1400. The first-order valence-corrected chi connectivity index (χ1v) is 13.4. The van der Waals surface area contributed by atoms with Gasteiger partial charge in [0.1, 0.15) is 22.4 Å². The maximum atomic E-state index is 14.4. The number of nitrogen functional groups attached to an aromatic ring is 1. The number of carbonyl (C=O) groups excluding carboxylic acids is 3. The average molecular weight is 552 g/mol. The Morgan fingerprint density at radius 3 is 2.38 bits per heavy atom. The number of ether oxygens (including phenoxy) is 2. The van der Waals surface area contributed by atoms with Crippen LogP contribution in [0.3, 0.4) is 0 Å². The van der Waals surface area contributed by atoms with Crippen LogP contribution in [-0.2, 0) is 4.79 Å². The summed E-state index contributed by atoms with van der Waals surface area (Å²) in [7, 11) is 3.02. The van der Waals surface area contributed by atoms with Gasteiger partial charge in [-0.25, -0.2) is 0 Å². The molecule has 0 unspecified atom stereocenters. The van der Waals surface area contributed by atoms with Crippen molar-refractivity contribution in [3.8, 4) is 11.5 Å². The Balaban J connectivity index is 1.96. The van der Waals surface area contributed by atoms with E-state index in [1.807, 2.05) is 26.0 Å². The molecule has 4 rings (SSSR count). The molecule has 1 aliphatic carbocycles. The fourth-order valence-corrected chi connectivity index (χ4v) is 5.72. The summed E-state index contributed by atoms with van der Waals surface area (Å²) in [5.41, 5.74) is 14.0. The molecule has 0 radical (unpaired) electrons. The Morgan fingerprint density at radius 1 is 1.08 bits per heavy atom. The molecule has 3 amide bonds. The van der Waals surface area contributed by atoms with Gasteiger partial charge in [0.25, 0.3) is 11.8 Å². The number of primary amides is 1. The van der Waals surface area contributed by atoms with Gasteiger partial charge in [-0.1, -0.05) is 30.5 Å². The van der Waals surface area contributed by atoms with Crippen LogP contribution in [-0.4, -0.2) is 42.4 Å². The molecule has 1 heterocycles. The minimum Gasteiger partial charge on any atom is -0.497 e. The van der Waals surface area contributed by atoms with Gasteiger partial charge in [-0.15, -0.1) is 0 Å². The third kappa shape index (κ3) is 5.68. The number of nitrogens with zero attached hydrogens (tertiary/aromatic N) is 2. The summed E-state index contributed by atoms with van der Waals surface area (Å²) in [6.07, 6.45) is 3.75. The highest BCUT2D eigenvalue weighted by Gasteiger charge is 2.39. The predicted octanol–water partition coefficient (Wildman–Crippen LogP) is 3.91. The van der Waals surface area contributed by atoms with Crippen LogP contribution in [0, 0.1) is 13.8 Å². The molecule has 1 atom stereocenters. The van der Waals surface area contributed by atoms with Crippen molar-refractivity contribution in [1.82, 2.24) is 9.69 Å². The molecule has 2 aromatic carbocycles. The average Bonchev–Trinajstić information content (AvgIpc) is 3.56. The standard InChI is InChI=1S/C28H33N5O5S/c1-15-9-11-20(16(2)13-15)33(28(36)25-22(29)23(26(30)34)32-39-25)24(27(35)31-17-7-5-6-8-17)19-14-18(37-3)10-12-21(19)38-4/h9-14,17,24H,5-8,29H2,1-4H3,(H2,30,34)(H,31,35)/t24-/m1/s1. The van der Waals surface area contributed by atoms with Crippen molar-refractivity contribution in [1.29, 1.82) is 0 Å². The molecule has 39 heavy (non-hydrogen) atoms. The van der Waals surface area contributed by atoms with Crippen LogP contribution < -0.4 is 31.2 Å². The topological polar surface area (TPSA) is 150 Å². The van der Waals surface area contributed by atoms with Crippen LogP contribution in [0.25, 0.3) is 0 Å². The number of aromatic nitrogens is 1. The van der Waals surface area contributed by atoms with E-state index in [0.717, 1.165) is 48.3 Å². The predicted molar refractivity (Wildman–Crippen MR) is 150 cm³/mol. The SMILES string of the molecule is COc1ccc(OC)c([C@H](C(=O)NC2CCCC2)N(C(=O)c2snc(C(N)=O)c2N)c2ccc(C)cc2C)c1. The number of hydrogen-bond acceptors (Lipinski definition) is 8. The van der Waals surface area contributed by atoms with Gasteiger partial charge in [0.05, 0.1) is 19.9 Å². The summed E-state index contributed by atoms with van der Waals surface area (Å²) in [5.74, 6) is -0.919. The molecule has 5 N–H and O–H groups in total. The van der Waals surface area contributed by atoms with Gasteiger partial charge in [0.15, 0.2) is 5.69 Å². The fraction of sp³-hybridized carbons (Fsp3) is 0.357. The minimum absolute atomic E-state index is 0.00399. The third-order valence-corrected chi connectivity index (χ3v) is 7.78. The van der Waals surface area contributed by atoms with E-state index in [2.05, 4.69) is 9.69 Å². The maximum Gasteiger partial charge on any atom is 0.273 e. The first-order valence-electron chi connectivity index (χ1n) is 12.6. The van der Waals surface area contributed by atoms with E-state index in [1.165, 1.54) is 19.1 Å². The van der Waals surface area contributed by atoms with Crippen molar-refractivity contribution in [2.75, 3.05) is 24.9 Å². The second-order valence-electron chi connectivity index (χ2n) is 9.60. The highest BCUT2D eigenvalue weighted by molar-refractivity contribution is 7.09. The number of nitrogens with two attached hydrogens (primary N) is 2. The number of rotatable bonds is 9. The zero-order valence-corrected chi connectivity index (χ0v) is 23.3. The molecule has 0 spiro atoms. The first kappa shape index (κ1) is 27.9. The smallest absolute Gasteiger partial charge is 0.273 e. The number of hydrogen-bond donors (Lipinski definition) is 3. The summed E-state index contributed by atoms with van der Waals surface area (Å²) in [6, 6.07) is 9.51. The Hall–Kier alpha value is -4.12. The summed E-state index contributed by atoms with van der Waals surface area (Å²) in [6.45, 7) is 3.81. The van der Waals surface area contributed by atoms with E-state index >= 15 is 0 Å². The molecule has 206 valence electrons. The van der Waals surface area contributed by atoms with Crippen molar-refractivity contribution >= 4 is 40.6 Å². The van der Waals surface area contributed by atoms with Gasteiger partial charge in [-0.3, -0.25) is 19.3 Å². The number of benzene rings is 2. The molecule has 11 heteroatoms. The van der Waals surface area contributed by atoms with Gasteiger partial charge in [-0.2, -0.15) is 4.37 Å². The van der Waals surface area contributed by atoms with Crippen molar-refractivity contribution < 1.29 is 23.9 Å². The van der Waals surface area contributed by atoms with Gasteiger partial charge < -0.3 is 26.3 Å². The molecule has 0 bridgehead atoms. The lowest BCUT2D eigenvalue weighted by molar-refractivity contribution is -0.123. The molecule has 1 aromatic heterocycles. The van der Waals surface area contributed by atoms with E-state index in [-0.39, 0.29) is 28.2 Å². The Kier molecular flexibility index (Phi) is 8.39. The quantitative estimate of drug-likeness (QED) is 0.365. The number of carbonyl (C=O) groups is 3. The molecule has 0 aliphatic heterocycles. The lowest BCUT2D eigenvalue weighted by atomic mass is 9.98. The molecule has 1 fully saturated rings. The zero-order chi connectivity index (χ0) is 28.3. The van der Waals surface area contributed by atoms with Gasteiger partial charge in [0, 0.05) is 17.3 Å². The highest BCUT2D eigenvalue weighted by atomic mass is 32.1. The van der Waals surface area contributed by atoms with Crippen molar-refractivity contribution in [3.63, 3.8) is 0 Å². The number of amides is 3. The van der Waals surface area contributed by atoms with E-state index in [9.17, 15) is 14.4 Å². The molecule has 3 aromatic rings. The fourth-order valence-electron chi connectivity index (χ4n) is 4.98. The number of methoxy groups -OCH3 is 2. The largest absolute Gasteiger partial charge is 0.497 e. The zero-order valence-electron chi connectivity index (χ0n) is 22.4. The van der Waals surface area contributed by atoms with Gasteiger partial charge in [0.2, 0.25) is 5.91 Å². The number of nitrogens with one attached hydrogen (secondary N) is 1. The van der Waals surface area contributed by atoms with Crippen LogP contribution >= 0.6 is 11.5 Å². The van der Waals surface area contributed by atoms with Crippen LogP contribution in [0.1, 0.15) is 68.6 Å². The van der Waals surface area contributed by atoms with E-state index in [4.69, 9.17) is 20.9 Å². The second-order valence-corrected chi connectivity index (χ2v) is 10.4. The highest BCUT2D eigenvalue weighted by Crippen LogP contribution is 2.39. The molecular weight excluding hydrogens is 518 g/mol. The summed E-state index contributed by atoms with van der Waals surface area (Å²) in [4.78, 5) is 41.8. The Labute approximate surface area is 231 Å². The van der Waals surface area contributed by atoms with Crippen LogP contribution in [0.2, 0.25) is 0 Å². The van der Waals surface area contributed by atoms with Crippen LogP contribution in [0.15, 0.2) is 36.4 Å². The molecule has 10 nitrogen and oxygen atoms in total. The Morgan fingerprint density at radius 2 is 1.79 bits per heavy atom. The van der Waals surface area contributed by atoms with Gasteiger partial charge in [-0.05, 0) is 68.1 Å². The molecular formula is C28H33N5O5S. The van der Waals surface area contributed by atoms with E-state index in [0.29, 0.717) is 22.7 Å². The van der Waals surface area contributed by atoms with E-state index < -0.39 is 17.9 Å². The van der Waals surface area contributed by atoms with E-state index in [1.54, 1.807) is 24.3 Å². The van der Waals surface area contributed by atoms with Gasteiger partial charge >= 0.3 is 0 Å². The minimum atomic E-state index is -1.16. The number of aryl methyl sites for hydroxylation is 2. The molecule has 1 aliphatic rings. The lowest BCUT2D eigenvalue weighted by Gasteiger charge is -2.34. The monoisotopic (exact) mass is 551 g/mol. The van der Waals surface area contributed by atoms with Crippen LogP contribution in [0.4, 0.5) is 11.4 Å².